The number of fused-ring (bicyclic) bond motifs is 2. The number of carbonyl (C=O) groups is 3. The maximum absolute atomic E-state index is 13.4. The Kier molecular flexibility index (Phi) is 7.28. The molecule has 2 aromatic heterocycles. The van der Waals surface area contributed by atoms with Gasteiger partial charge in [0.05, 0.1) is 11.2 Å². The lowest BCUT2D eigenvalue weighted by atomic mass is 10.2. The van der Waals surface area contributed by atoms with E-state index in [1.54, 1.807) is 98.7 Å². The molecule has 41 heavy (non-hydrogen) atoms. The first-order valence-electron chi connectivity index (χ1n) is 13.1. The zero-order valence-corrected chi connectivity index (χ0v) is 24.8. The molecule has 2 amide bonds. The zero-order valence-electron chi connectivity index (χ0n) is 24.8. The fraction of sp³-hybridized carbons (Fsp3) is 0.400. The van der Waals surface area contributed by atoms with Crippen LogP contribution in [0.15, 0.2) is 46.9 Å². The Morgan fingerprint density at radius 1 is 0.805 bits per heavy atom. The van der Waals surface area contributed by atoms with Gasteiger partial charge in [-0.25, -0.2) is 23.9 Å². The van der Waals surface area contributed by atoms with E-state index in [0.29, 0.717) is 33.4 Å². The summed E-state index contributed by atoms with van der Waals surface area (Å²) in [7, 11) is 0. The highest BCUT2D eigenvalue weighted by Gasteiger charge is 2.33. The van der Waals surface area contributed by atoms with Gasteiger partial charge >= 0.3 is 18.3 Å². The van der Waals surface area contributed by atoms with Crippen LogP contribution in [0.1, 0.15) is 62.3 Å². The van der Waals surface area contributed by atoms with Gasteiger partial charge in [-0.2, -0.15) is 4.90 Å². The quantitative estimate of drug-likeness (QED) is 0.194. The van der Waals surface area contributed by atoms with Gasteiger partial charge in [-0.15, -0.1) is 0 Å². The molecule has 218 valence electrons. The van der Waals surface area contributed by atoms with E-state index in [0.717, 1.165) is 4.90 Å². The molecular weight excluding hydrogens is 528 g/mol. The Bertz CT molecular complexity index is 1620. The van der Waals surface area contributed by atoms with Crippen LogP contribution in [-0.4, -0.2) is 44.6 Å². The summed E-state index contributed by atoms with van der Waals surface area (Å²) in [4.78, 5) is 45.2. The number of imide groups is 1. The number of aromatic nitrogens is 2. The highest BCUT2D eigenvalue weighted by atomic mass is 16.6. The fourth-order valence-corrected chi connectivity index (χ4v) is 3.96. The van der Waals surface area contributed by atoms with Crippen LogP contribution in [0, 0.1) is 0 Å². The number of amides is 2. The number of carbonyl (C=O) groups excluding carboxylic acids is 3. The van der Waals surface area contributed by atoms with Crippen molar-refractivity contribution in [3.63, 3.8) is 0 Å². The Morgan fingerprint density at radius 2 is 1.39 bits per heavy atom. The number of hydrogen-bond donors (Lipinski definition) is 1. The minimum Gasteiger partial charge on any atom is -0.443 e. The van der Waals surface area contributed by atoms with Crippen molar-refractivity contribution in [2.75, 3.05) is 10.6 Å². The summed E-state index contributed by atoms with van der Waals surface area (Å²) in [5.74, 6) is 0.158. The minimum absolute atomic E-state index is 0.158. The van der Waals surface area contributed by atoms with Crippen molar-refractivity contribution in [3.8, 4) is 11.6 Å². The highest BCUT2D eigenvalue weighted by molar-refractivity contribution is 6.11. The molecule has 2 heterocycles. The molecule has 0 unspecified atom stereocenters. The number of oxazole rings is 1. The van der Waals surface area contributed by atoms with E-state index in [1.165, 1.54) is 10.6 Å². The third kappa shape index (κ3) is 6.79. The summed E-state index contributed by atoms with van der Waals surface area (Å²) < 4.78 is 24.0. The molecule has 0 saturated heterocycles. The first kappa shape index (κ1) is 29.4. The number of hydrogen-bond acceptors (Lipinski definition) is 9. The van der Waals surface area contributed by atoms with E-state index in [1.807, 2.05) is 0 Å². The van der Waals surface area contributed by atoms with Crippen LogP contribution in [0.25, 0.3) is 33.6 Å². The Balaban J connectivity index is 1.90. The largest absolute Gasteiger partial charge is 0.443 e. The molecule has 0 spiro atoms. The SMILES string of the molecule is CC(C)(C)OC(=O)N(C(=O)OC(C)(C)C)c1ccc2c(c1)cc(-c1nc3cc(N)ccc3o1)n2C(=O)OC(C)(C)C. The Labute approximate surface area is 238 Å². The summed E-state index contributed by atoms with van der Waals surface area (Å²) in [6.07, 6.45) is -2.47. The maximum Gasteiger partial charge on any atom is 0.424 e. The summed E-state index contributed by atoms with van der Waals surface area (Å²) in [5.41, 5.74) is 5.82. The van der Waals surface area contributed by atoms with Crippen LogP contribution in [0.3, 0.4) is 0 Å². The standard InChI is InChI=1S/C30H36N4O7/c1-28(2,3)39-25(35)33(26(36)40-29(4,5)6)19-11-12-21-17(14-19)15-22(34(21)27(37)41-30(7,8)9)24-32-20-16-18(31)10-13-23(20)38-24/h10-16H,31H2,1-9H3. The van der Waals surface area contributed by atoms with E-state index in [4.69, 9.17) is 24.4 Å². The van der Waals surface area contributed by atoms with Crippen molar-refractivity contribution < 1.29 is 33.0 Å². The van der Waals surface area contributed by atoms with Gasteiger partial charge in [-0.3, -0.25) is 0 Å². The zero-order chi connectivity index (χ0) is 30.5. The molecule has 11 nitrogen and oxygen atoms in total. The first-order chi connectivity index (χ1) is 18.8. The average molecular weight is 565 g/mol. The number of ether oxygens (including phenoxy) is 3. The van der Waals surface area contributed by atoms with Crippen LogP contribution < -0.4 is 10.6 Å². The number of anilines is 2. The second-order valence-corrected chi connectivity index (χ2v) is 12.6. The number of nitrogen functional groups attached to an aromatic ring is 1. The van der Waals surface area contributed by atoms with Crippen LogP contribution in [0.4, 0.5) is 25.8 Å². The summed E-state index contributed by atoms with van der Waals surface area (Å²) in [6, 6.07) is 11.4. The Morgan fingerprint density at radius 3 is 1.95 bits per heavy atom. The second kappa shape index (κ2) is 10.1. The minimum atomic E-state index is -0.908. The molecule has 2 N–H and O–H groups in total. The third-order valence-corrected chi connectivity index (χ3v) is 5.40. The topological polar surface area (TPSA) is 139 Å². The van der Waals surface area contributed by atoms with Crippen LogP contribution >= 0.6 is 0 Å². The molecule has 4 rings (SSSR count). The molecular formula is C30H36N4O7. The van der Waals surface area contributed by atoms with Gasteiger partial charge in [-0.05, 0) is 105 Å². The van der Waals surface area contributed by atoms with E-state index < -0.39 is 35.1 Å². The molecule has 0 saturated carbocycles. The monoisotopic (exact) mass is 564 g/mol. The Hall–Kier alpha value is -4.54. The van der Waals surface area contributed by atoms with E-state index in [9.17, 15) is 14.4 Å². The molecule has 0 aliphatic rings. The van der Waals surface area contributed by atoms with Crippen LogP contribution in [0.5, 0.6) is 0 Å². The van der Waals surface area contributed by atoms with Gasteiger partial charge in [0, 0.05) is 11.1 Å². The maximum atomic E-state index is 13.4. The first-order valence-corrected chi connectivity index (χ1v) is 13.1. The van der Waals surface area contributed by atoms with Gasteiger partial charge in [0.1, 0.15) is 28.0 Å². The molecule has 4 aromatic rings. The highest BCUT2D eigenvalue weighted by Crippen LogP contribution is 2.34. The lowest BCUT2D eigenvalue weighted by Crippen LogP contribution is -2.43. The van der Waals surface area contributed by atoms with Gasteiger partial charge in [0.15, 0.2) is 5.58 Å². The van der Waals surface area contributed by atoms with Crippen LogP contribution in [0.2, 0.25) is 0 Å². The van der Waals surface area contributed by atoms with Gasteiger partial charge in [0.2, 0.25) is 5.89 Å². The van der Waals surface area contributed by atoms with Gasteiger partial charge in [-0.1, -0.05) is 0 Å². The molecule has 0 radical (unpaired) electrons. The summed E-state index contributed by atoms with van der Waals surface area (Å²) >= 11 is 0. The van der Waals surface area contributed by atoms with Crippen molar-refractivity contribution in [1.29, 1.82) is 0 Å². The van der Waals surface area contributed by atoms with Crippen molar-refractivity contribution in [1.82, 2.24) is 9.55 Å². The fourth-order valence-electron chi connectivity index (χ4n) is 3.96. The van der Waals surface area contributed by atoms with E-state index in [2.05, 4.69) is 4.98 Å². The number of nitrogens with two attached hydrogens (primary N) is 1. The molecule has 0 aliphatic heterocycles. The molecule has 0 atom stereocenters. The van der Waals surface area contributed by atoms with Crippen molar-refractivity contribution >= 4 is 51.7 Å². The van der Waals surface area contributed by atoms with Crippen molar-refractivity contribution in [2.24, 2.45) is 0 Å². The van der Waals surface area contributed by atoms with Crippen molar-refractivity contribution in [3.05, 3.63) is 42.5 Å². The third-order valence-electron chi connectivity index (χ3n) is 5.40. The normalized spacial score (nSPS) is 12.4. The summed E-state index contributed by atoms with van der Waals surface area (Å²) in [6.45, 7) is 15.5. The number of benzene rings is 2. The molecule has 0 bridgehead atoms. The predicted molar refractivity (Wildman–Crippen MR) is 156 cm³/mol. The molecule has 0 fully saturated rings. The summed E-state index contributed by atoms with van der Waals surface area (Å²) in [5, 5.41) is 0.502. The van der Waals surface area contributed by atoms with Crippen LogP contribution in [-0.2, 0) is 14.2 Å². The molecule has 11 heteroatoms. The average Bonchev–Trinajstić information content (AvgIpc) is 3.36. The lowest BCUT2D eigenvalue weighted by molar-refractivity contribution is 0.0428. The molecule has 2 aromatic carbocycles. The number of rotatable bonds is 2. The van der Waals surface area contributed by atoms with E-state index in [-0.39, 0.29) is 11.6 Å². The smallest absolute Gasteiger partial charge is 0.424 e. The van der Waals surface area contributed by atoms with Gasteiger partial charge < -0.3 is 24.4 Å². The van der Waals surface area contributed by atoms with Crippen molar-refractivity contribution in [2.45, 2.75) is 79.1 Å². The van der Waals surface area contributed by atoms with E-state index >= 15 is 0 Å². The van der Waals surface area contributed by atoms with Gasteiger partial charge in [0.25, 0.3) is 0 Å². The predicted octanol–water partition coefficient (Wildman–Crippen LogP) is 7.49. The lowest BCUT2D eigenvalue weighted by Gasteiger charge is -2.28. The number of nitrogens with zero attached hydrogens (tertiary/aromatic N) is 3. The second-order valence-electron chi connectivity index (χ2n) is 12.6. The molecule has 0 aliphatic carbocycles.